The third-order valence-electron chi connectivity index (χ3n) is 4.26. The molecular formula is C23H41NO8. The van der Waals surface area contributed by atoms with Crippen molar-refractivity contribution in [2.75, 3.05) is 0 Å². The van der Waals surface area contributed by atoms with Gasteiger partial charge in [0.25, 0.3) is 0 Å². The highest BCUT2D eigenvalue weighted by Gasteiger charge is 2.43. The summed E-state index contributed by atoms with van der Waals surface area (Å²) in [5, 5.41) is 12.1. The molecule has 0 fully saturated rings. The SMILES string of the molecule is CC(C)(C)OC(=O)CCCC(CCC(=O)OC(C)(C)C)(CCC(=O)OC(C)(C)C)[N+](=O)[O-]. The van der Waals surface area contributed by atoms with Crippen molar-refractivity contribution in [3.63, 3.8) is 0 Å². The Morgan fingerprint density at radius 2 is 0.938 bits per heavy atom. The predicted molar refractivity (Wildman–Crippen MR) is 120 cm³/mol. The van der Waals surface area contributed by atoms with E-state index in [4.69, 9.17) is 14.2 Å². The Bertz CT molecular complexity index is 633. The van der Waals surface area contributed by atoms with E-state index in [1.807, 2.05) is 0 Å². The molecule has 0 aromatic rings. The molecule has 0 heterocycles. The minimum atomic E-state index is -1.56. The molecule has 0 saturated carbocycles. The van der Waals surface area contributed by atoms with Gasteiger partial charge in [-0.3, -0.25) is 24.5 Å². The van der Waals surface area contributed by atoms with Crippen LogP contribution in [0.1, 0.15) is 107 Å². The van der Waals surface area contributed by atoms with Crippen LogP contribution in [0.15, 0.2) is 0 Å². The Morgan fingerprint density at radius 3 is 1.22 bits per heavy atom. The van der Waals surface area contributed by atoms with Gasteiger partial charge in [-0.05, 0) is 68.7 Å². The Morgan fingerprint density at radius 1 is 0.625 bits per heavy atom. The van der Waals surface area contributed by atoms with Crippen molar-refractivity contribution in [3.05, 3.63) is 10.1 Å². The number of hydrogen-bond donors (Lipinski definition) is 0. The van der Waals surface area contributed by atoms with Crippen molar-refractivity contribution in [1.29, 1.82) is 0 Å². The quantitative estimate of drug-likeness (QED) is 0.188. The molecule has 0 radical (unpaired) electrons. The number of esters is 3. The Labute approximate surface area is 191 Å². The summed E-state index contributed by atoms with van der Waals surface area (Å²) < 4.78 is 15.8. The molecule has 186 valence electrons. The van der Waals surface area contributed by atoms with Gasteiger partial charge in [0.2, 0.25) is 5.54 Å². The number of nitrogens with zero attached hydrogens (tertiary/aromatic N) is 1. The molecule has 0 atom stereocenters. The second-order valence-corrected chi connectivity index (χ2v) is 11.1. The average molecular weight is 460 g/mol. The summed E-state index contributed by atoms with van der Waals surface area (Å²) in [5.74, 6) is -1.55. The molecule has 0 rings (SSSR count). The van der Waals surface area contributed by atoms with Crippen LogP contribution in [-0.4, -0.2) is 45.2 Å². The molecule has 0 aliphatic rings. The fourth-order valence-corrected chi connectivity index (χ4v) is 3.06. The maximum atomic E-state index is 12.2. The lowest BCUT2D eigenvalue weighted by atomic mass is 9.84. The molecule has 9 nitrogen and oxygen atoms in total. The number of carbonyl (C=O) groups is 3. The maximum absolute atomic E-state index is 12.2. The van der Waals surface area contributed by atoms with Crippen LogP contribution in [0.2, 0.25) is 0 Å². The highest BCUT2D eigenvalue weighted by atomic mass is 16.6. The lowest BCUT2D eigenvalue weighted by Crippen LogP contribution is -2.40. The van der Waals surface area contributed by atoms with Crippen molar-refractivity contribution in [2.45, 2.75) is 130 Å². The zero-order valence-corrected chi connectivity index (χ0v) is 21.2. The first kappa shape index (κ1) is 29.8. The zero-order chi connectivity index (χ0) is 25.4. The molecule has 0 aromatic heterocycles. The van der Waals surface area contributed by atoms with Crippen LogP contribution < -0.4 is 0 Å². The van der Waals surface area contributed by atoms with E-state index in [-0.39, 0.29) is 44.9 Å². The molecule has 9 heteroatoms. The van der Waals surface area contributed by atoms with Crippen LogP contribution in [0.25, 0.3) is 0 Å². The van der Waals surface area contributed by atoms with Gasteiger partial charge in [0.05, 0.1) is 12.8 Å². The largest absolute Gasteiger partial charge is 0.460 e. The van der Waals surface area contributed by atoms with Crippen LogP contribution in [0.4, 0.5) is 0 Å². The van der Waals surface area contributed by atoms with Crippen molar-refractivity contribution < 1.29 is 33.5 Å². The van der Waals surface area contributed by atoms with Crippen molar-refractivity contribution >= 4 is 17.9 Å². The molecule has 0 bridgehead atoms. The molecule has 0 saturated heterocycles. The monoisotopic (exact) mass is 459 g/mol. The number of nitro groups is 1. The molecule has 0 N–H and O–H groups in total. The smallest absolute Gasteiger partial charge is 0.306 e. The van der Waals surface area contributed by atoms with Gasteiger partial charge in [0, 0.05) is 30.6 Å². The molecule has 0 unspecified atom stereocenters. The third kappa shape index (κ3) is 14.0. The normalized spacial score (nSPS) is 12.8. The van der Waals surface area contributed by atoms with E-state index in [0.717, 1.165) is 0 Å². The summed E-state index contributed by atoms with van der Waals surface area (Å²) in [7, 11) is 0. The van der Waals surface area contributed by atoms with Gasteiger partial charge in [-0.15, -0.1) is 0 Å². The maximum Gasteiger partial charge on any atom is 0.306 e. The first-order valence-corrected chi connectivity index (χ1v) is 11.0. The molecule has 0 spiro atoms. The van der Waals surface area contributed by atoms with E-state index in [1.165, 1.54) is 0 Å². The number of ether oxygens (including phenoxy) is 3. The highest BCUT2D eigenvalue weighted by molar-refractivity contribution is 5.71. The van der Waals surface area contributed by atoms with Crippen molar-refractivity contribution in [1.82, 2.24) is 0 Å². The minimum Gasteiger partial charge on any atom is -0.460 e. The summed E-state index contributed by atoms with van der Waals surface area (Å²) >= 11 is 0. The molecule has 0 aliphatic heterocycles. The Hall–Kier alpha value is -2.19. The third-order valence-corrected chi connectivity index (χ3v) is 4.26. The van der Waals surface area contributed by atoms with Crippen LogP contribution in [0.3, 0.4) is 0 Å². The van der Waals surface area contributed by atoms with E-state index >= 15 is 0 Å². The van der Waals surface area contributed by atoms with Crippen LogP contribution in [0, 0.1) is 10.1 Å². The minimum absolute atomic E-state index is 0.00569. The second-order valence-electron chi connectivity index (χ2n) is 11.1. The summed E-state index contributed by atoms with van der Waals surface area (Å²) in [6, 6.07) is 0. The van der Waals surface area contributed by atoms with E-state index in [0.29, 0.717) is 0 Å². The number of carbonyl (C=O) groups excluding carboxylic acids is 3. The zero-order valence-electron chi connectivity index (χ0n) is 21.2. The summed E-state index contributed by atoms with van der Waals surface area (Å²) in [4.78, 5) is 48.0. The Balaban J connectivity index is 5.35. The van der Waals surface area contributed by atoms with Gasteiger partial charge in [0.15, 0.2) is 0 Å². The topological polar surface area (TPSA) is 122 Å². The van der Waals surface area contributed by atoms with Gasteiger partial charge < -0.3 is 14.2 Å². The van der Waals surface area contributed by atoms with Crippen LogP contribution in [-0.2, 0) is 28.6 Å². The van der Waals surface area contributed by atoms with Gasteiger partial charge in [-0.1, -0.05) is 0 Å². The van der Waals surface area contributed by atoms with E-state index < -0.39 is 45.2 Å². The fraction of sp³-hybridized carbons (Fsp3) is 0.870. The molecule has 0 aromatic carbocycles. The molecule has 0 amide bonds. The second kappa shape index (κ2) is 11.6. The summed E-state index contributed by atoms with van der Waals surface area (Å²) in [6.07, 6.45) is -0.328. The van der Waals surface area contributed by atoms with Gasteiger partial charge in [0.1, 0.15) is 16.8 Å². The summed E-state index contributed by atoms with van der Waals surface area (Å²) in [6.45, 7) is 15.5. The fourth-order valence-electron chi connectivity index (χ4n) is 3.06. The van der Waals surface area contributed by atoms with Crippen LogP contribution >= 0.6 is 0 Å². The first-order chi connectivity index (χ1) is 14.2. The first-order valence-electron chi connectivity index (χ1n) is 11.0. The van der Waals surface area contributed by atoms with E-state index in [9.17, 15) is 24.5 Å². The van der Waals surface area contributed by atoms with Crippen LogP contribution in [0.5, 0.6) is 0 Å². The highest BCUT2D eigenvalue weighted by Crippen LogP contribution is 2.31. The standard InChI is InChI=1S/C23H41NO8/c1-20(2,3)30-17(25)11-10-14-23(24(28)29,15-12-18(26)31-21(4,5)6)16-13-19(27)32-22(7,8)9/h10-16H2,1-9H3. The molecule has 0 aliphatic carbocycles. The number of hydrogen-bond acceptors (Lipinski definition) is 8. The lowest BCUT2D eigenvalue weighted by Gasteiger charge is -2.27. The number of rotatable bonds is 11. The van der Waals surface area contributed by atoms with Gasteiger partial charge in [-0.25, -0.2) is 0 Å². The van der Waals surface area contributed by atoms with Gasteiger partial charge in [-0.2, -0.15) is 0 Å². The van der Waals surface area contributed by atoms with Crippen molar-refractivity contribution in [3.8, 4) is 0 Å². The molecule has 32 heavy (non-hydrogen) atoms. The lowest BCUT2D eigenvalue weighted by molar-refractivity contribution is -0.574. The average Bonchev–Trinajstić information content (AvgIpc) is 2.51. The van der Waals surface area contributed by atoms with Crippen molar-refractivity contribution in [2.24, 2.45) is 0 Å². The van der Waals surface area contributed by atoms with E-state index in [2.05, 4.69) is 0 Å². The summed E-state index contributed by atoms with van der Waals surface area (Å²) in [5.41, 5.74) is -3.62. The van der Waals surface area contributed by atoms with Gasteiger partial charge >= 0.3 is 17.9 Å². The molecular weight excluding hydrogens is 418 g/mol. The Kier molecular flexibility index (Phi) is 10.8. The predicted octanol–water partition coefficient (Wildman–Crippen LogP) is 4.76. The van der Waals surface area contributed by atoms with E-state index in [1.54, 1.807) is 62.3 Å².